The van der Waals surface area contributed by atoms with E-state index in [4.69, 9.17) is 0 Å². The standard InChI is InChI=1S/C18H19N3O/c1-12-5-6-14(8-13(12)2)10-20-17(22)9-15-11-21-18-16(15)4-3-7-19-18/h3-8,11H,9-10H2,1-2H3,(H,19,21)(H,20,22). The van der Waals surface area contributed by atoms with E-state index in [1.54, 1.807) is 6.20 Å². The highest BCUT2D eigenvalue weighted by molar-refractivity contribution is 5.87. The number of nitrogens with one attached hydrogen (secondary N) is 2. The van der Waals surface area contributed by atoms with Crippen LogP contribution in [0.5, 0.6) is 0 Å². The van der Waals surface area contributed by atoms with Gasteiger partial charge in [0.15, 0.2) is 0 Å². The second-order valence-corrected chi connectivity index (χ2v) is 5.59. The lowest BCUT2D eigenvalue weighted by Crippen LogP contribution is -2.24. The van der Waals surface area contributed by atoms with Crippen molar-refractivity contribution in [2.24, 2.45) is 0 Å². The number of hydrogen-bond acceptors (Lipinski definition) is 2. The van der Waals surface area contributed by atoms with Gasteiger partial charge in [0, 0.05) is 24.3 Å². The zero-order valence-corrected chi connectivity index (χ0v) is 12.8. The minimum Gasteiger partial charge on any atom is -0.352 e. The minimum atomic E-state index is 0.0166. The first-order valence-electron chi connectivity index (χ1n) is 7.37. The lowest BCUT2D eigenvalue weighted by atomic mass is 10.1. The van der Waals surface area contributed by atoms with E-state index in [0.717, 1.165) is 22.2 Å². The molecule has 1 aromatic carbocycles. The number of fused-ring (bicyclic) bond motifs is 1. The maximum atomic E-state index is 12.1. The van der Waals surface area contributed by atoms with Gasteiger partial charge in [0.25, 0.3) is 0 Å². The molecule has 0 unspecified atom stereocenters. The normalized spacial score (nSPS) is 10.8. The summed E-state index contributed by atoms with van der Waals surface area (Å²) in [4.78, 5) is 19.5. The molecule has 2 N–H and O–H groups in total. The Morgan fingerprint density at radius 1 is 1.23 bits per heavy atom. The van der Waals surface area contributed by atoms with Gasteiger partial charge in [-0.05, 0) is 48.2 Å². The van der Waals surface area contributed by atoms with Crippen molar-refractivity contribution >= 4 is 16.9 Å². The third kappa shape index (κ3) is 3.01. The maximum absolute atomic E-state index is 12.1. The number of aromatic amines is 1. The van der Waals surface area contributed by atoms with Gasteiger partial charge in [0.1, 0.15) is 5.65 Å². The molecule has 0 aliphatic rings. The van der Waals surface area contributed by atoms with Crippen LogP contribution in [0, 0.1) is 13.8 Å². The monoisotopic (exact) mass is 293 g/mol. The maximum Gasteiger partial charge on any atom is 0.224 e. The van der Waals surface area contributed by atoms with Gasteiger partial charge in [0.05, 0.1) is 6.42 Å². The Labute approximate surface area is 129 Å². The molecule has 4 nitrogen and oxygen atoms in total. The van der Waals surface area contributed by atoms with Crippen LogP contribution in [0.25, 0.3) is 11.0 Å². The van der Waals surface area contributed by atoms with Crippen molar-refractivity contribution in [2.45, 2.75) is 26.8 Å². The SMILES string of the molecule is Cc1ccc(CNC(=O)Cc2c[nH]c3ncccc23)cc1C. The molecule has 2 heterocycles. The fraction of sp³-hybridized carbons (Fsp3) is 0.222. The van der Waals surface area contributed by atoms with Gasteiger partial charge in [0.2, 0.25) is 5.91 Å². The van der Waals surface area contributed by atoms with E-state index in [0.29, 0.717) is 13.0 Å². The van der Waals surface area contributed by atoms with Crippen LogP contribution in [0.15, 0.2) is 42.7 Å². The highest BCUT2D eigenvalue weighted by atomic mass is 16.1. The summed E-state index contributed by atoms with van der Waals surface area (Å²) in [7, 11) is 0. The highest BCUT2D eigenvalue weighted by Gasteiger charge is 2.09. The van der Waals surface area contributed by atoms with E-state index >= 15 is 0 Å². The molecule has 0 saturated carbocycles. The average Bonchev–Trinajstić information content (AvgIpc) is 2.92. The van der Waals surface area contributed by atoms with Crippen LogP contribution in [-0.4, -0.2) is 15.9 Å². The van der Waals surface area contributed by atoms with Crippen LogP contribution in [0.3, 0.4) is 0 Å². The molecule has 3 aromatic rings. The van der Waals surface area contributed by atoms with Crippen molar-refractivity contribution in [3.63, 3.8) is 0 Å². The number of aryl methyl sites for hydroxylation is 2. The lowest BCUT2D eigenvalue weighted by Gasteiger charge is -2.07. The largest absolute Gasteiger partial charge is 0.352 e. The molecule has 0 aliphatic carbocycles. The van der Waals surface area contributed by atoms with Gasteiger partial charge in [-0.3, -0.25) is 4.79 Å². The Morgan fingerprint density at radius 3 is 2.91 bits per heavy atom. The molecular weight excluding hydrogens is 274 g/mol. The molecular formula is C18H19N3O. The number of amides is 1. The second-order valence-electron chi connectivity index (χ2n) is 5.59. The van der Waals surface area contributed by atoms with Crippen molar-refractivity contribution in [3.05, 3.63) is 65.0 Å². The van der Waals surface area contributed by atoms with E-state index < -0.39 is 0 Å². The third-order valence-electron chi connectivity index (χ3n) is 3.95. The number of carbonyl (C=O) groups is 1. The van der Waals surface area contributed by atoms with Crippen LogP contribution >= 0.6 is 0 Å². The number of pyridine rings is 1. The number of carbonyl (C=O) groups excluding carboxylic acids is 1. The molecule has 22 heavy (non-hydrogen) atoms. The number of aromatic nitrogens is 2. The van der Waals surface area contributed by atoms with Crippen molar-refractivity contribution in [1.82, 2.24) is 15.3 Å². The third-order valence-corrected chi connectivity index (χ3v) is 3.95. The lowest BCUT2D eigenvalue weighted by molar-refractivity contribution is -0.120. The van der Waals surface area contributed by atoms with Gasteiger partial charge in [-0.15, -0.1) is 0 Å². The quantitative estimate of drug-likeness (QED) is 0.777. The Hall–Kier alpha value is -2.62. The van der Waals surface area contributed by atoms with E-state index in [-0.39, 0.29) is 5.91 Å². The Balaban J connectivity index is 1.64. The molecule has 0 spiro atoms. The summed E-state index contributed by atoms with van der Waals surface area (Å²) in [5, 5.41) is 3.98. The number of nitrogens with zero attached hydrogens (tertiary/aromatic N) is 1. The molecule has 2 aromatic heterocycles. The van der Waals surface area contributed by atoms with E-state index in [1.165, 1.54) is 11.1 Å². The summed E-state index contributed by atoms with van der Waals surface area (Å²) in [5.41, 5.74) is 5.42. The summed E-state index contributed by atoms with van der Waals surface area (Å²) in [6.07, 6.45) is 3.95. The number of benzene rings is 1. The van der Waals surface area contributed by atoms with E-state index in [2.05, 4.69) is 47.3 Å². The molecule has 0 saturated heterocycles. The van der Waals surface area contributed by atoms with E-state index in [9.17, 15) is 4.79 Å². The fourth-order valence-electron chi connectivity index (χ4n) is 2.51. The van der Waals surface area contributed by atoms with Crippen LogP contribution in [0.2, 0.25) is 0 Å². The van der Waals surface area contributed by atoms with Crippen LogP contribution in [0.1, 0.15) is 22.3 Å². The van der Waals surface area contributed by atoms with Crippen LogP contribution in [-0.2, 0) is 17.8 Å². The highest BCUT2D eigenvalue weighted by Crippen LogP contribution is 2.16. The zero-order chi connectivity index (χ0) is 15.5. The average molecular weight is 293 g/mol. The summed E-state index contributed by atoms with van der Waals surface area (Å²) >= 11 is 0. The Bertz CT molecular complexity index is 820. The smallest absolute Gasteiger partial charge is 0.224 e. The molecule has 1 amide bonds. The van der Waals surface area contributed by atoms with Crippen molar-refractivity contribution in [3.8, 4) is 0 Å². The molecule has 112 valence electrons. The van der Waals surface area contributed by atoms with Crippen molar-refractivity contribution in [1.29, 1.82) is 0 Å². The topological polar surface area (TPSA) is 57.8 Å². The number of H-pyrrole nitrogens is 1. The predicted octanol–water partition coefficient (Wildman–Crippen LogP) is 3.04. The Morgan fingerprint density at radius 2 is 2.09 bits per heavy atom. The van der Waals surface area contributed by atoms with Gasteiger partial charge in [-0.1, -0.05) is 18.2 Å². The van der Waals surface area contributed by atoms with Gasteiger partial charge in [-0.25, -0.2) is 4.98 Å². The molecule has 0 radical (unpaired) electrons. The summed E-state index contributed by atoms with van der Waals surface area (Å²) < 4.78 is 0. The van der Waals surface area contributed by atoms with Gasteiger partial charge >= 0.3 is 0 Å². The first kappa shape index (κ1) is 14.3. The fourth-order valence-corrected chi connectivity index (χ4v) is 2.51. The minimum absolute atomic E-state index is 0.0166. The molecule has 0 fully saturated rings. The molecule has 0 aliphatic heterocycles. The first-order valence-corrected chi connectivity index (χ1v) is 7.37. The summed E-state index contributed by atoms with van der Waals surface area (Å²) in [6, 6.07) is 10.1. The molecule has 3 rings (SSSR count). The van der Waals surface area contributed by atoms with Gasteiger partial charge < -0.3 is 10.3 Å². The second kappa shape index (κ2) is 6.02. The predicted molar refractivity (Wildman–Crippen MR) is 87.6 cm³/mol. The Kier molecular flexibility index (Phi) is 3.92. The molecule has 4 heteroatoms. The molecule has 0 bridgehead atoms. The van der Waals surface area contributed by atoms with Crippen molar-refractivity contribution < 1.29 is 4.79 Å². The number of hydrogen-bond donors (Lipinski definition) is 2. The molecule has 0 atom stereocenters. The zero-order valence-electron chi connectivity index (χ0n) is 12.8. The van der Waals surface area contributed by atoms with Crippen LogP contribution < -0.4 is 5.32 Å². The number of rotatable bonds is 4. The first-order chi connectivity index (χ1) is 10.6. The summed E-state index contributed by atoms with van der Waals surface area (Å²) in [5.74, 6) is 0.0166. The van der Waals surface area contributed by atoms with E-state index in [1.807, 2.05) is 18.3 Å². The van der Waals surface area contributed by atoms with Crippen molar-refractivity contribution in [2.75, 3.05) is 0 Å². The van der Waals surface area contributed by atoms with Crippen LogP contribution in [0.4, 0.5) is 0 Å². The van der Waals surface area contributed by atoms with Gasteiger partial charge in [-0.2, -0.15) is 0 Å². The summed E-state index contributed by atoms with van der Waals surface area (Å²) in [6.45, 7) is 4.73.